The number of halogens is 3. The number of carbonyl (C=O) groups is 2. The number of nitrogens with one attached hydrogen (secondary N) is 2. The van der Waals surface area contributed by atoms with E-state index in [0.29, 0.717) is 25.0 Å². The summed E-state index contributed by atoms with van der Waals surface area (Å²) in [7, 11) is 0. The Hall–Kier alpha value is -2.87. The molecule has 36 heavy (non-hydrogen) atoms. The third-order valence-electron chi connectivity index (χ3n) is 6.45. The Kier molecular flexibility index (Phi) is 14.5. The van der Waals surface area contributed by atoms with E-state index in [0.717, 1.165) is 57.0 Å². The molecule has 0 bridgehead atoms. The van der Waals surface area contributed by atoms with E-state index in [4.69, 9.17) is 4.79 Å². The second-order valence-corrected chi connectivity index (χ2v) is 8.87. The van der Waals surface area contributed by atoms with Gasteiger partial charge in [0.15, 0.2) is 0 Å². The number of amides is 1. The number of allylic oxidation sites excluding steroid dienone is 4. The van der Waals surface area contributed by atoms with E-state index in [2.05, 4.69) is 60.2 Å². The normalized spacial score (nSPS) is 18.2. The van der Waals surface area contributed by atoms with Crippen molar-refractivity contribution in [3.63, 3.8) is 0 Å². The van der Waals surface area contributed by atoms with Crippen LogP contribution >= 0.6 is 0 Å². The largest absolute Gasteiger partial charge is 0.416 e. The van der Waals surface area contributed by atoms with Crippen molar-refractivity contribution in [3.05, 3.63) is 72.5 Å². The van der Waals surface area contributed by atoms with Crippen LogP contribution in [-0.2, 0) is 9.59 Å². The van der Waals surface area contributed by atoms with Crippen LogP contribution in [0, 0.1) is 5.92 Å². The second kappa shape index (κ2) is 16.7. The maximum absolute atomic E-state index is 12.8. The standard InChI is InChI=1S/C27H38F3N3O.CH2O/c1-4-9-24(27(28,29)30)14-16-31-17-18-32-26(34)23-15-19-33(20-23)25(5-2)13-12-21(3)22-10-7-6-8-11-22;1-2/h4,6-11,14,16,21,23,25,31H,1,5,12-13,15,17-20H2,2-3H3,(H,32,34);1H2/b16-14+,24-9+;/t21-,23+,25?;/m0./s1. The second-order valence-electron chi connectivity index (χ2n) is 8.87. The molecule has 0 aliphatic carbocycles. The van der Waals surface area contributed by atoms with Gasteiger partial charge in [-0.25, -0.2) is 0 Å². The van der Waals surface area contributed by atoms with Gasteiger partial charge in [-0.05, 0) is 56.0 Å². The average molecular weight is 508 g/mol. The molecule has 1 aliphatic rings. The van der Waals surface area contributed by atoms with E-state index < -0.39 is 11.7 Å². The van der Waals surface area contributed by atoms with Crippen LogP contribution in [0.3, 0.4) is 0 Å². The summed E-state index contributed by atoms with van der Waals surface area (Å²) in [5.74, 6) is 0.491. The number of carbonyl (C=O) groups excluding carboxylic acids is 2. The minimum atomic E-state index is -4.43. The molecule has 1 heterocycles. The number of hydrogen-bond donors (Lipinski definition) is 2. The summed E-state index contributed by atoms with van der Waals surface area (Å²) in [6.45, 7) is 12.2. The lowest BCUT2D eigenvalue weighted by atomic mass is 9.93. The van der Waals surface area contributed by atoms with E-state index in [1.807, 2.05) is 12.9 Å². The summed E-state index contributed by atoms with van der Waals surface area (Å²) in [4.78, 5) is 23.0. The summed E-state index contributed by atoms with van der Waals surface area (Å²) >= 11 is 0. The fourth-order valence-electron chi connectivity index (χ4n) is 4.37. The quantitative estimate of drug-likeness (QED) is 0.278. The van der Waals surface area contributed by atoms with Crippen molar-refractivity contribution in [1.29, 1.82) is 0 Å². The number of benzene rings is 1. The first-order valence-corrected chi connectivity index (χ1v) is 12.4. The fourth-order valence-corrected chi connectivity index (χ4v) is 4.37. The highest BCUT2D eigenvalue weighted by Crippen LogP contribution is 2.27. The van der Waals surface area contributed by atoms with Crippen LogP contribution < -0.4 is 10.6 Å². The molecule has 1 saturated heterocycles. The maximum atomic E-state index is 12.8. The van der Waals surface area contributed by atoms with Crippen LogP contribution in [0.5, 0.6) is 0 Å². The Morgan fingerprint density at radius 3 is 2.50 bits per heavy atom. The lowest BCUT2D eigenvalue weighted by molar-refractivity contribution is -0.124. The molecule has 3 atom stereocenters. The minimum Gasteiger partial charge on any atom is -0.389 e. The molecule has 1 aromatic carbocycles. The van der Waals surface area contributed by atoms with Crippen molar-refractivity contribution in [2.24, 2.45) is 5.92 Å². The van der Waals surface area contributed by atoms with Crippen molar-refractivity contribution in [1.82, 2.24) is 15.5 Å². The van der Waals surface area contributed by atoms with Gasteiger partial charge in [0.2, 0.25) is 5.91 Å². The Morgan fingerprint density at radius 2 is 1.89 bits per heavy atom. The van der Waals surface area contributed by atoms with Gasteiger partial charge in [-0.2, -0.15) is 13.2 Å². The number of rotatable bonds is 13. The molecule has 1 fully saturated rings. The first-order chi connectivity index (χ1) is 17.3. The zero-order chi connectivity index (χ0) is 27.0. The Balaban J connectivity index is 0.00000316. The van der Waals surface area contributed by atoms with Gasteiger partial charge in [-0.1, -0.05) is 62.9 Å². The molecular formula is C28H40F3N3O2. The van der Waals surface area contributed by atoms with E-state index in [9.17, 15) is 18.0 Å². The highest BCUT2D eigenvalue weighted by molar-refractivity contribution is 5.79. The van der Waals surface area contributed by atoms with Gasteiger partial charge in [-0.3, -0.25) is 9.69 Å². The molecule has 0 spiro atoms. The molecular weight excluding hydrogens is 467 g/mol. The van der Waals surface area contributed by atoms with Crippen LogP contribution in [-0.4, -0.2) is 56.0 Å². The molecule has 200 valence electrons. The van der Waals surface area contributed by atoms with Gasteiger partial charge in [0.05, 0.1) is 11.5 Å². The smallest absolute Gasteiger partial charge is 0.389 e. The van der Waals surface area contributed by atoms with Crippen molar-refractivity contribution in [3.8, 4) is 0 Å². The summed E-state index contributed by atoms with van der Waals surface area (Å²) in [5, 5.41) is 5.69. The molecule has 2 N–H and O–H groups in total. The zero-order valence-electron chi connectivity index (χ0n) is 21.4. The van der Waals surface area contributed by atoms with Crippen molar-refractivity contribution >= 4 is 12.7 Å². The van der Waals surface area contributed by atoms with Gasteiger partial charge in [0.25, 0.3) is 0 Å². The number of alkyl halides is 3. The van der Waals surface area contributed by atoms with E-state index in [1.165, 1.54) is 11.8 Å². The first kappa shape index (κ1) is 31.2. The highest BCUT2D eigenvalue weighted by Gasteiger charge is 2.32. The Bertz CT molecular complexity index is 840. The van der Waals surface area contributed by atoms with Crippen LogP contribution in [0.25, 0.3) is 0 Å². The van der Waals surface area contributed by atoms with Crippen LogP contribution in [0.1, 0.15) is 51.0 Å². The SMILES string of the molecule is C=C/C=C(\C=C\NCCNC(=O)[C@@H]1CCN(C(CC)CC[C@H](C)c2ccccc2)C1)C(F)(F)F.C=O. The van der Waals surface area contributed by atoms with Crippen molar-refractivity contribution in [2.75, 3.05) is 26.2 Å². The van der Waals surface area contributed by atoms with Crippen LogP contribution in [0.15, 0.2) is 66.9 Å². The lowest BCUT2D eigenvalue weighted by Gasteiger charge is -2.28. The van der Waals surface area contributed by atoms with Gasteiger partial charge in [-0.15, -0.1) is 0 Å². The topological polar surface area (TPSA) is 61.4 Å². The Labute approximate surface area is 213 Å². The fraction of sp³-hybridized carbons (Fsp3) is 0.500. The summed E-state index contributed by atoms with van der Waals surface area (Å²) in [5.41, 5.74) is 0.583. The summed E-state index contributed by atoms with van der Waals surface area (Å²) in [6, 6.07) is 11.0. The molecule has 1 amide bonds. The molecule has 2 rings (SSSR count). The van der Waals surface area contributed by atoms with Crippen LogP contribution in [0.4, 0.5) is 13.2 Å². The van der Waals surface area contributed by atoms with E-state index in [-0.39, 0.29) is 11.8 Å². The Morgan fingerprint density at radius 1 is 1.19 bits per heavy atom. The predicted molar refractivity (Wildman–Crippen MR) is 139 cm³/mol. The van der Waals surface area contributed by atoms with Gasteiger partial charge < -0.3 is 15.4 Å². The molecule has 1 aliphatic heterocycles. The van der Waals surface area contributed by atoms with Gasteiger partial charge >= 0.3 is 6.18 Å². The number of hydrogen-bond acceptors (Lipinski definition) is 4. The number of nitrogens with zero attached hydrogens (tertiary/aromatic N) is 1. The molecule has 0 aromatic heterocycles. The third kappa shape index (κ3) is 10.8. The highest BCUT2D eigenvalue weighted by atomic mass is 19.4. The average Bonchev–Trinajstić information content (AvgIpc) is 3.37. The van der Waals surface area contributed by atoms with Gasteiger partial charge in [0.1, 0.15) is 6.79 Å². The summed E-state index contributed by atoms with van der Waals surface area (Å²) < 4.78 is 38.4. The third-order valence-corrected chi connectivity index (χ3v) is 6.45. The molecule has 8 heteroatoms. The van der Waals surface area contributed by atoms with E-state index >= 15 is 0 Å². The molecule has 0 saturated carbocycles. The van der Waals surface area contributed by atoms with Crippen LogP contribution in [0.2, 0.25) is 0 Å². The minimum absolute atomic E-state index is 0.0170. The van der Waals surface area contributed by atoms with Crippen molar-refractivity contribution < 1.29 is 22.8 Å². The maximum Gasteiger partial charge on any atom is 0.416 e. The lowest BCUT2D eigenvalue weighted by Crippen LogP contribution is -2.38. The summed E-state index contributed by atoms with van der Waals surface area (Å²) in [6.07, 6.45) is 3.92. The number of likely N-dealkylation sites (tertiary alicyclic amines) is 1. The first-order valence-electron chi connectivity index (χ1n) is 12.4. The molecule has 1 unspecified atom stereocenters. The molecule has 5 nitrogen and oxygen atoms in total. The predicted octanol–water partition coefficient (Wildman–Crippen LogP) is 5.38. The molecule has 0 radical (unpaired) electrons. The molecule has 1 aromatic rings. The monoisotopic (exact) mass is 507 g/mol. The van der Waals surface area contributed by atoms with Gasteiger partial charge in [0, 0.05) is 25.7 Å². The zero-order valence-corrected chi connectivity index (χ0v) is 21.4. The van der Waals surface area contributed by atoms with Crippen molar-refractivity contribution in [2.45, 2.75) is 57.7 Å². The van der Waals surface area contributed by atoms with E-state index in [1.54, 1.807) is 0 Å².